The molecule has 4 nitrogen and oxygen atoms in total. The molecule has 2 atom stereocenters. The van der Waals surface area contributed by atoms with Crippen molar-refractivity contribution < 1.29 is 4.74 Å². The van der Waals surface area contributed by atoms with Crippen LogP contribution in [0.25, 0.3) is 0 Å². The minimum atomic E-state index is -0.0244. The van der Waals surface area contributed by atoms with Crippen molar-refractivity contribution in [2.24, 2.45) is 9.98 Å². The Hall–Kier alpha value is -1.32. The quantitative estimate of drug-likeness (QED) is 0.570. The van der Waals surface area contributed by atoms with Crippen LogP contribution >= 0.6 is 0 Å². The van der Waals surface area contributed by atoms with Gasteiger partial charge in [0.15, 0.2) is 6.23 Å². The van der Waals surface area contributed by atoms with Crippen molar-refractivity contribution in [2.75, 3.05) is 6.54 Å². The molecule has 0 amide bonds. The topological polar surface area (TPSA) is 46.0 Å². The van der Waals surface area contributed by atoms with Crippen molar-refractivity contribution in [3.05, 3.63) is 12.5 Å². The molecule has 1 N–H and O–H groups in total. The van der Waals surface area contributed by atoms with Crippen LogP contribution in [0.2, 0.25) is 0 Å². The van der Waals surface area contributed by atoms with Gasteiger partial charge in [0.25, 0.3) is 0 Å². The zero-order valence-corrected chi connectivity index (χ0v) is 5.97. The normalized spacial score (nSPS) is 33.5. The third kappa shape index (κ3) is 1.24. The van der Waals surface area contributed by atoms with Crippen molar-refractivity contribution in [1.29, 1.82) is 0 Å². The second-order valence-corrected chi connectivity index (χ2v) is 2.41. The highest BCUT2D eigenvalue weighted by Crippen LogP contribution is 2.07. The van der Waals surface area contributed by atoms with Gasteiger partial charge in [0.2, 0.25) is 0 Å². The molecule has 0 spiro atoms. The molecule has 2 unspecified atom stereocenters. The zero-order chi connectivity index (χ0) is 7.52. The Balaban J connectivity index is 1.95. The lowest BCUT2D eigenvalue weighted by Gasteiger charge is -2.19. The first-order valence-corrected chi connectivity index (χ1v) is 3.55. The Bertz CT molecular complexity index is 214. The largest absolute Gasteiger partial charge is 0.474 e. The van der Waals surface area contributed by atoms with E-state index in [-0.39, 0.29) is 12.3 Å². The highest BCUT2D eigenvalue weighted by molar-refractivity contribution is 6.16. The summed E-state index contributed by atoms with van der Waals surface area (Å²) in [6, 6.07) is 0.120. The fraction of sp³-hybridized carbons (Fsp3) is 0.429. The second kappa shape index (κ2) is 2.74. The lowest BCUT2D eigenvalue weighted by atomic mass is 10.2. The maximum absolute atomic E-state index is 5.21. The molecule has 2 aliphatic rings. The average Bonchev–Trinajstić information content (AvgIpc) is 2.58. The van der Waals surface area contributed by atoms with Gasteiger partial charge in [-0.25, -0.2) is 0 Å². The molecule has 0 radical (unpaired) electrons. The summed E-state index contributed by atoms with van der Waals surface area (Å²) in [5.74, 6) is 0. The van der Waals surface area contributed by atoms with Crippen LogP contribution in [0.5, 0.6) is 0 Å². The molecule has 0 saturated carbocycles. The molecule has 0 aromatic rings. The van der Waals surface area contributed by atoms with E-state index in [0.29, 0.717) is 6.54 Å². The minimum absolute atomic E-state index is 0.0244. The Labute approximate surface area is 64.7 Å². The standard InChI is InChI=1S/C7H9N3O/c1-2-9-6(5-8-1)7-10-3-4-11-7/h1-4,6-7,10H,5H2. The minimum Gasteiger partial charge on any atom is -0.474 e. The van der Waals surface area contributed by atoms with E-state index in [1.807, 2.05) is 0 Å². The lowest BCUT2D eigenvalue weighted by Crippen LogP contribution is -2.37. The van der Waals surface area contributed by atoms with Crippen LogP contribution in [0, 0.1) is 0 Å². The molecular weight excluding hydrogens is 142 g/mol. The summed E-state index contributed by atoms with van der Waals surface area (Å²) in [7, 11) is 0. The molecule has 11 heavy (non-hydrogen) atoms. The first-order valence-electron chi connectivity index (χ1n) is 3.55. The van der Waals surface area contributed by atoms with E-state index < -0.39 is 0 Å². The Kier molecular flexibility index (Phi) is 1.59. The number of hydrogen-bond acceptors (Lipinski definition) is 4. The summed E-state index contributed by atoms with van der Waals surface area (Å²) in [6.07, 6.45) is 6.80. The maximum atomic E-state index is 5.21. The fourth-order valence-electron chi connectivity index (χ4n) is 1.09. The van der Waals surface area contributed by atoms with Crippen LogP contribution in [-0.4, -0.2) is 31.2 Å². The van der Waals surface area contributed by atoms with Gasteiger partial charge in [-0.3, -0.25) is 9.98 Å². The summed E-state index contributed by atoms with van der Waals surface area (Å²) in [5, 5.41) is 3.04. The third-order valence-electron chi connectivity index (χ3n) is 1.65. The Morgan fingerprint density at radius 2 is 2.45 bits per heavy atom. The Morgan fingerprint density at radius 3 is 3.09 bits per heavy atom. The predicted molar refractivity (Wildman–Crippen MR) is 42.8 cm³/mol. The molecule has 0 fully saturated rings. The van der Waals surface area contributed by atoms with E-state index in [1.165, 1.54) is 0 Å². The van der Waals surface area contributed by atoms with Crippen LogP contribution in [0.3, 0.4) is 0 Å². The van der Waals surface area contributed by atoms with Crippen molar-refractivity contribution in [2.45, 2.75) is 12.3 Å². The van der Waals surface area contributed by atoms with Gasteiger partial charge in [0, 0.05) is 18.6 Å². The van der Waals surface area contributed by atoms with Crippen LogP contribution in [0.15, 0.2) is 22.4 Å². The first kappa shape index (κ1) is 6.39. The van der Waals surface area contributed by atoms with Crippen molar-refractivity contribution in [1.82, 2.24) is 5.32 Å². The smallest absolute Gasteiger partial charge is 0.193 e. The zero-order valence-electron chi connectivity index (χ0n) is 5.97. The highest BCUT2D eigenvalue weighted by Gasteiger charge is 2.22. The molecule has 2 aliphatic heterocycles. The van der Waals surface area contributed by atoms with Crippen LogP contribution < -0.4 is 5.32 Å². The average molecular weight is 151 g/mol. The van der Waals surface area contributed by atoms with E-state index >= 15 is 0 Å². The van der Waals surface area contributed by atoms with E-state index in [9.17, 15) is 0 Å². The lowest BCUT2D eigenvalue weighted by molar-refractivity contribution is 0.128. The summed E-state index contributed by atoms with van der Waals surface area (Å²) in [6.45, 7) is 0.704. The van der Waals surface area contributed by atoms with Crippen LogP contribution in [0.4, 0.5) is 0 Å². The molecular formula is C7H9N3O. The molecule has 0 aliphatic carbocycles. The summed E-state index contributed by atoms with van der Waals surface area (Å²) in [5.41, 5.74) is 0. The number of nitrogens with zero attached hydrogens (tertiary/aromatic N) is 2. The highest BCUT2D eigenvalue weighted by atomic mass is 16.5. The van der Waals surface area contributed by atoms with Gasteiger partial charge in [0.05, 0.1) is 6.54 Å². The predicted octanol–water partition coefficient (Wildman–Crippen LogP) is -0.0727. The van der Waals surface area contributed by atoms with Gasteiger partial charge in [-0.05, 0) is 0 Å². The summed E-state index contributed by atoms with van der Waals surface area (Å²) < 4.78 is 5.21. The molecule has 0 aromatic carbocycles. The van der Waals surface area contributed by atoms with Crippen LogP contribution in [-0.2, 0) is 4.74 Å². The number of rotatable bonds is 1. The molecule has 2 heterocycles. The number of hydrogen-bond donors (Lipinski definition) is 1. The van der Waals surface area contributed by atoms with Crippen LogP contribution in [0.1, 0.15) is 0 Å². The second-order valence-electron chi connectivity index (χ2n) is 2.41. The molecule has 2 rings (SSSR count). The first-order chi connectivity index (χ1) is 5.47. The van der Waals surface area contributed by atoms with Gasteiger partial charge in [-0.2, -0.15) is 0 Å². The molecule has 0 aromatic heterocycles. The van der Waals surface area contributed by atoms with Gasteiger partial charge in [-0.15, -0.1) is 0 Å². The monoisotopic (exact) mass is 151 g/mol. The van der Waals surface area contributed by atoms with E-state index in [2.05, 4.69) is 15.3 Å². The summed E-state index contributed by atoms with van der Waals surface area (Å²) >= 11 is 0. The Morgan fingerprint density at radius 1 is 1.45 bits per heavy atom. The fourth-order valence-corrected chi connectivity index (χ4v) is 1.09. The van der Waals surface area contributed by atoms with Gasteiger partial charge < -0.3 is 10.1 Å². The van der Waals surface area contributed by atoms with Crippen molar-refractivity contribution >= 4 is 12.4 Å². The van der Waals surface area contributed by atoms with Gasteiger partial charge >= 0.3 is 0 Å². The molecule has 58 valence electrons. The number of aliphatic imine (C=N–C) groups is 2. The van der Waals surface area contributed by atoms with Crippen molar-refractivity contribution in [3.8, 4) is 0 Å². The molecule has 0 saturated heterocycles. The SMILES string of the molecule is C1=COC(C2CN=CC=N2)N1. The number of nitrogens with one attached hydrogen (secondary N) is 1. The third-order valence-corrected chi connectivity index (χ3v) is 1.65. The van der Waals surface area contributed by atoms with Gasteiger partial charge in [-0.1, -0.05) is 0 Å². The maximum Gasteiger partial charge on any atom is 0.193 e. The van der Waals surface area contributed by atoms with E-state index in [4.69, 9.17) is 4.74 Å². The van der Waals surface area contributed by atoms with Gasteiger partial charge in [0.1, 0.15) is 12.3 Å². The van der Waals surface area contributed by atoms with E-state index in [1.54, 1.807) is 24.9 Å². The summed E-state index contributed by atoms with van der Waals surface area (Å²) in [4.78, 5) is 8.29. The van der Waals surface area contributed by atoms with E-state index in [0.717, 1.165) is 0 Å². The van der Waals surface area contributed by atoms with Crippen molar-refractivity contribution in [3.63, 3.8) is 0 Å². The molecule has 4 heteroatoms. The molecule has 0 bridgehead atoms. The number of ether oxygens (including phenoxy) is 1.